The minimum Gasteiger partial charge on any atom is -0.467 e. The van der Waals surface area contributed by atoms with E-state index >= 15 is 0 Å². The molecule has 2 aromatic rings. The summed E-state index contributed by atoms with van der Waals surface area (Å²) < 4.78 is 25.9. The number of esters is 3. The Morgan fingerprint density at radius 3 is 2.40 bits per heavy atom. The Morgan fingerprint density at radius 2 is 1.69 bits per heavy atom. The molecule has 2 bridgehead atoms. The summed E-state index contributed by atoms with van der Waals surface area (Å²) in [5.74, 6) is -2.52. The summed E-state index contributed by atoms with van der Waals surface area (Å²) in [7, 11) is 3.38. The van der Waals surface area contributed by atoms with Crippen molar-refractivity contribution in [2.75, 3.05) is 28.1 Å². The molecule has 10 heteroatoms. The highest BCUT2D eigenvalue weighted by Crippen LogP contribution is 2.55. The number of carbonyl (C=O) groups is 4. The van der Waals surface area contributed by atoms with Crippen molar-refractivity contribution >= 4 is 23.7 Å². The molecule has 3 aliphatic heterocycles. The molecule has 0 spiro atoms. The lowest BCUT2D eigenvalue weighted by molar-refractivity contribution is -0.153. The minimum absolute atomic E-state index is 0.0164. The molecule has 3 aliphatic rings. The topological polar surface area (TPSA) is 118 Å². The summed E-state index contributed by atoms with van der Waals surface area (Å²) in [5.41, 5.74) is -1.52. The predicted molar refractivity (Wildman–Crippen MR) is 117 cm³/mol. The minimum atomic E-state index is -2.26. The second-order valence-corrected chi connectivity index (χ2v) is 8.11. The molecule has 0 saturated heterocycles. The van der Waals surface area contributed by atoms with Crippen LogP contribution >= 0.6 is 0 Å². The Morgan fingerprint density at radius 1 is 0.971 bits per heavy atom. The maximum Gasteiger partial charge on any atom is 0.339 e. The fourth-order valence-corrected chi connectivity index (χ4v) is 5.12. The van der Waals surface area contributed by atoms with E-state index in [1.54, 1.807) is 42.5 Å². The quantitative estimate of drug-likeness (QED) is 0.356. The van der Waals surface area contributed by atoms with E-state index in [4.69, 9.17) is 23.7 Å². The lowest BCUT2D eigenvalue weighted by Gasteiger charge is -2.43. The number of ether oxygens (including phenoxy) is 5. The summed E-state index contributed by atoms with van der Waals surface area (Å²) in [6.45, 7) is 0.0566. The van der Waals surface area contributed by atoms with Gasteiger partial charge in [-0.1, -0.05) is 30.3 Å². The van der Waals surface area contributed by atoms with Gasteiger partial charge in [-0.05, 0) is 23.3 Å². The van der Waals surface area contributed by atoms with Crippen LogP contribution in [-0.4, -0.2) is 62.3 Å². The highest BCUT2D eigenvalue weighted by molar-refractivity contribution is 6.28. The second-order valence-electron chi connectivity index (χ2n) is 8.11. The summed E-state index contributed by atoms with van der Waals surface area (Å²) >= 11 is 0. The largest absolute Gasteiger partial charge is 0.467 e. The number of ketones is 1. The van der Waals surface area contributed by atoms with Gasteiger partial charge in [-0.15, -0.1) is 0 Å². The molecule has 0 N–H and O–H groups in total. The molecular weight excluding hydrogens is 458 g/mol. The molecule has 3 heterocycles. The van der Waals surface area contributed by atoms with Crippen LogP contribution in [0.4, 0.5) is 0 Å². The number of fused-ring (bicyclic) bond motifs is 5. The first-order valence-electron chi connectivity index (χ1n) is 10.7. The smallest absolute Gasteiger partial charge is 0.339 e. The monoisotopic (exact) mass is 479 g/mol. The predicted octanol–water partition coefficient (Wildman–Crippen LogP) is 1.72. The summed E-state index contributed by atoms with van der Waals surface area (Å²) in [6, 6.07) is 10.8. The van der Waals surface area contributed by atoms with Gasteiger partial charge in [0.1, 0.15) is 0 Å². The third-order valence-corrected chi connectivity index (χ3v) is 6.54. The van der Waals surface area contributed by atoms with Gasteiger partial charge >= 0.3 is 17.9 Å². The van der Waals surface area contributed by atoms with Gasteiger partial charge in [0.15, 0.2) is 17.3 Å². The van der Waals surface area contributed by atoms with Crippen LogP contribution < -0.4 is 9.47 Å². The molecule has 5 rings (SSSR count). The van der Waals surface area contributed by atoms with Gasteiger partial charge in [-0.3, -0.25) is 9.69 Å². The van der Waals surface area contributed by atoms with Gasteiger partial charge in [0.05, 0.1) is 38.5 Å². The Balaban J connectivity index is 1.80. The Bertz CT molecular complexity index is 1310. The number of Topliss-reactive ketones (excluding diaryl/α,β-unsaturated/α-hetero) is 1. The van der Waals surface area contributed by atoms with E-state index in [-0.39, 0.29) is 24.5 Å². The van der Waals surface area contributed by atoms with Crippen LogP contribution in [0, 0.1) is 0 Å². The molecule has 2 atom stereocenters. The fourth-order valence-electron chi connectivity index (χ4n) is 5.12. The molecule has 0 unspecified atom stereocenters. The summed E-state index contributed by atoms with van der Waals surface area (Å²) in [4.78, 5) is 55.3. The Labute approximate surface area is 199 Å². The molecule has 0 saturated carbocycles. The van der Waals surface area contributed by atoms with Crippen molar-refractivity contribution in [3.05, 3.63) is 70.3 Å². The zero-order valence-electron chi connectivity index (χ0n) is 19.2. The lowest BCUT2D eigenvalue weighted by atomic mass is 9.78. The van der Waals surface area contributed by atoms with Crippen molar-refractivity contribution in [2.45, 2.75) is 18.1 Å². The van der Waals surface area contributed by atoms with Crippen molar-refractivity contribution in [1.82, 2.24) is 4.90 Å². The van der Waals surface area contributed by atoms with E-state index in [2.05, 4.69) is 0 Å². The highest BCUT2D eigenvalue weighted by atomic mass is 16.7. The normalized spacial score (nSPS) is 22.0. The number of nitrogens with zero attached hydrogens (tertiary/aromatic N) is 1. The number of benzene rings is 2. The van der Waals surface area contributed by atoms with Crippen LogP contribution in [-0.2, 0) is 35.1 Å². The number of methoxy groups -OCH3 is 3. The molecular formula is C25H21NO9. The van der Waals surface area contributed by atoms with Gasteiger partial charge in [-0.2, -0.15) is 0 Å². The first-order chi connectivity index (χ1) is 16.9. The van der Waals surface area contributed by atoms with Crippen LogP contribution in [0.3, 0.4) is 0 Å². The van der Waals surface area contributed by atoms with Gasteiger partial charge in [-0.25, -0.2) is 14.4 Å². The first kappa shape index (κ1) is 22.6. The zero-order valence-corrected chi connectivity index (χ0v) is 19.2. The molecule has 0 aromatic heterocycles. The molecule has 0 fully saturated rings. The SMILES string of the molecule is COC(=O)C1=C(C(=O)OC)[C@@]2(C(=O)OC)C(=O)c3ccccc3[C@@H]1N2Cc1ccc2c(c1)OCO2. The van der Waals surface area contributed by atoms with Crippen molar-refractivity contribution in [3.63, 3.8) is 0 Å². The molecule has 180 valence electrons. The average Bonchev–Trinajstić information content (AvgIpc) is 3.45. The lowest BCUT2D eigenvalue weighted by Crippen LogP contribution is -2.62. The van der Waals surface area contributed by atoms with Gasteiger partial charge in [0.25, 0.3) is 0 Å². The van der Waals surface area contributed by atoms with E-state index in [9.17, 15) is 19.2 Å². The van der Waals surface area contributed by atoms with Crippen molar-refractivity contribution in [2.24, 2.45) is 0 Å². The molecule has 10 nitrogen and oxygen atoms in total. The average molecular weight is 479 g/mol. The van der Waals surface area contributed by atoms with Crippen LogP contribution in [0.25, 0.3) is 0 Å². The van der Waals surface area contributed by atoms with Crippen LogP contribution in [0.5, 0.6) is 11.5 Å². The first-order valence-corrected chi connectivity index (χ1v) is 10.7. The number of carbonyl (C=O) groups excluding carboxylic acids is 4. The molecule has 0 aliphatic carbocycles. The van der Waals surface area contributed by atoms with E-state index in [1.807, 2.05) is 0 Å². The third-order valence-electron chi connectivity index (χ3n) is 6.54. The van der Waals surface area contributed by atoms with Gasteiger partial charge in [0, 0.05) is 12.1 Å². The van der Waals surface area contributed by atoms with Gasteiger partial charge < -0.3 is 23.7 Å². The maximum absolute atomic E-state index is 14.1. The Hall–Kier alpha value is -4.18. The summed E-state index contributed by atoms with van der Waals surface area (Å²) in [5, 5.41) is 0. The second kappa shape index (κ2) is 8.24. The Kier molecular flexibility index (Phi) is 5.32. The molecule has 0 radical (unpaired) electrons. The van der Waals surface area contributed by atoms with Crippen molar-refractivity contribution < 1.29 is 42.9 Å². The van der Waals surface area contributed by atoms with E-state index in [0.29, 0.717) is 22.6 Å². The standard InChI is InChI=1S/C25H21NO9/c1-31-22(28)18-19(23(29)32-2)25(24(30)33-3)21(27)15-7-5-4-6-14(15)20(18)26(25)11-13-8-9-16-17(10-13)35-12-34-16/h4-10,20H,11-12H2,1-3H3/t20-,25-/m0/s1. The van der Waals surface area contributed by atoms with Crippen molar-refractivity contribution in [3.8, 4) is 11.5 Å². The van der Waals surface area contributed by atoms with Crippen molar-refractivity contribution in [1.29, 1.82) is 0 Å². The van der Waals surface area contributed by atoms with E-state index < -0.39 is 40.8 Å². The number of hydrogen-bond acceptors (Lipinski definition) is 10. The highest BCUT2D eigenvalue weighted by Gasteiger charge is 2.69. The van der Waals surface area contributed by atoms with E-state index in [1.165, 1.54) is 4.90 Å². The van der Waals surface area contributed by atoms with Gasteiger partial charge in [0.2, 0.25) is 12.3 Å². The maximum atomic E-state index is 14.1. The number of hydrogen-bond donors (Lipinski definition) is 0. The molecule has 2 aromatic carbocycles. The fraction of sp³-hybridized carbons (Fsp3) is 0.280. The summed E-state index contributed by atoms with van der Waals surface area (Å²) in [6.07, 6.45) is 0. The van der Waals surface area contributed by atoms with Crippen LogP contribution in [0.1, 0.15) is 27.5 Å². The molecule has 0 amide bonds. The zero-order chi connectivity index (χ0) is 24.9. The van der Waals surface area contributed by atoms with E-state index in [0.717, 1.165) is 21.3 Å². The third kappa shape index (κ3) is 2.99. The van der Waals surface area contributed by atoms with Crippen LogP contribution in [0.15, 0.2) is 53.6 Å². The molecule has 35 heavy (non-hydrogen) atoms. The van der Waals surface area contributed by atoms with Crippen LogP contribution in [0.2, 0.25) is 0 Å². The number of rotatable bonds is 5.